The standard InChI is InChI=1S/C15H29N3O6.C12H20O6/c1-5-12(16)22-19-9-15(8-4,10-20-23-13(17)6-2)11-21-24-14(18)7-3;1-5-12(6-16-9(2)13,7-17-10(3)14)8-18-11(4)15/h16-18H,5-11H2,1-4H3;5-8H2,1-4H3. The second-order valence-corrected chi connectivity index (χ2v) is 9.41. The first kappa shape index (κ1) is 40.8. The number of esters is 3. The summed E-state index contributed by atoms with van der Waals surface area (Å²) in [7, 11) is 0. The van der Waals surface area contributed by atoms with Crippen molar-refractivity contribution in [1.82, 2.24) is 0 Å². The van der Waals surface area contributed by atoms with Gasteiger partial charge in [0.05, 0.1) is 10.8 Å². The summed E-state index contributed by atoms with van der Waals surface area (Å²) in [6.45, 7) is 13.3. The van der Waals surface area contributed by atoms with Crippen molar-refractivity contribution in [2.45, 2.75) is 87.5 Å². The topological polar surface area (TPSA) is 206 Å². The van der Waals surface area contributed by atoms with E-state index in [9.17, 15) is 14.4 Å². The van der Waals surface area contributed by atoms with Crippen LogP contribution in [0.2, 0.25) is 0 Å². The second kappa shape index (κ2) is 23.3. The van der Waals surface area contributed by atoms with Crippen molar-refractivity contribution in [1.29, 1.82) is 16.2 Å². The van der Waals surface area contributed by atoms with Crippen molar-refractivity contribution in [3.05, 3.63) is 0 Å². The lowest BCUT2D eigenvalue weighted by Gasteiger charge is -2.30. The predicted octanol–water partition coefficient (Wildman–Crippen LogP) is 4.46. The van der Waals surface area contributed by atoms with Gasteiger partial charge in [-0.2, -0.15) is 14.7 Å². The van der Waals surface area contributed by atoms with Crippen LogP contribution in [0.15, 0.2) is 0 Å². The number of hydrogen-bond acceptors (Lipinski definition) is 15. The van der Waals surface area contributed by atoms with Crippen LogP contribution in [0.3, 0.4) is 0 Å². The fourth-order valence-electron chi connectivity index (χ4n) is 2.48. The van der Waals surface area contributed by atoms with Gasteiger partial charge in [-0.25, -0.2) is 0 Å². The van der Waals surface area contributed by atoms with E-state index in [2.05, 4.69) is 0 Å². The fourth-order valence-corrected chi connectivity index (χ4v) is 2.48. The second-order valence-electron chi connectivity index (χ2n) is 9.41. The lowest BCUT2D eigenvalue weighted by atomic mass is 9.88. The largest absolute Gasteiger partial charge is 0.465 e. The van der Waals surface area contributed by atoms with E-state index < -0.39 is 28.7 Å². The number of carbonyl (C=O) groups excluding carboxylic acids is 3. The molecule has 0 aliphatic carbocycles. The number of ether oxygens (including phenoxy) is 3. The summed E-state index contributed by atoms with van der Waals surface area (Å²) < 4.78 is 14.8. The molecule has 3 N–H and O–H groups in total. The molecule has 0 saturated carbocycles. The molecule has 0 fully saturated rings. The molecule has 0 atom stereocenters. The summed E-state index contributed by atoms with van der Waals surface area (Å²) in [6.07, 6.45) is 2.36. The third-order valence-corrected chi connectivity index (χ3v) is 5.78. The van der Waals surface area contributed by atoms with Crippen LogP contribution in [0.1, 0.15) is 87.5 Å². The van der Waals surface area contributed by atoms with Gasteiger partial charge in [0.1, 0.15) is 39.6 Å². The van der Waals surface area contributed by atoms with Crippen molar-refractivity contribution in [2.75, 3.05) is 39.6 Å². The molecule has 0 aliphatic heterocycles. The molecule has 0 spiro atoms. The summed E-state index contributed by atoms with van der Waals surface area (Å²) in [5, 5.41) is 22.3. The molecule has 0 aromatic carbocycles. The van der Waals surface area contributed by atoms with E-state index in [0.29, 0.717) is 32.1 Å². The smallest absolute Gasteiger partial charge is 0.302 e. The lowest BCUT2D eigenvalue weighted by Crippen LogP contribution is -2.38. The maximum Gasteiger partial charge on any atom is 0.302 e. The maximum absolute atomic E-state index is 10.8. The van der Waals surface area contributed by atoms with Crippen LogP contribution in [-0.2, 0) is 57.9 Å². The molecule has 0 amide bonds. The monoisotopic (exact) mass is 607 g/mol. The average Bonchev–Trinajstić information content (AvgIpc) is 2.96. The number of nitrogens with one attached hydrogen (secondary N) is 3. The number of rotatable bonds is 20. The molecular weight excluding hydrogens is 558 g/mol. The number of carbonyl (C=O) groups is 3. The van der Waals surface area contributed by atoms with E-state index in [1.165, 1.54) is 20.8 Å². The van der Waals surface area contributed by atoms with Gasteiger partial charge in [-0.1, -0.05) is 34.6 Å². The molecule has 0 radical (unpaired) electrons. The van der Waals surface area contributed by atoms with Crippen LogP contribution in [0.4, 0.5) is 0 Å². The van der Waals surface area contributed by atoms with E-state index in [-0.39, 0.29) is 57.3 Å². The zero-order chi connectivity index (χ0) is 32.6. The molecule has 244 valence electrons. The molecule has 0 bridgehead atoms. The van der Waals surface area contributed by atoms with E-state index >= 15 is 0 Å². The Morgan fingerprint density at radius 3 is 0.905 bits per heavy atom. The molecule has 0 rings (SSSR count). The highest BCUT2D eigenvalue weighted by Gasteiger charge is 2.34. The quantitative estimate of drug-likeness (QED) is 0.0438. The third-order valence-electron chi connectivity index (χ3n) is 5.78. The minimum absolute atomic E-state index is 0.00913. The molecule has 0 saturated heterocycles. The first-order valence-corrected chi connectivity index (χ1v) is 13.7. The van der Waals surface area contributed by atoms with Gasteiger partial charge in [-0.05, 0) is 12.8 Å². The van der Waals surface area contributed by atoms with E-state index in [4.69, 9.17) is 59.8 Å². The summed E-state index contributed by atoms with van der Waals surface area (Å²) in [6, 6.07) is 0. The first-order valence-electron chi connectivity index (χ1n) is 13.7. The lowest BCUT2D eigenvalue weighted by molar-refractivity contribution is -0.315. The van der Waals surface area contributed by atoms with Crippen LogP contribution >= 0.6 is 0 Å². The Morgan fingerprint density at radius 2 is 0.714 bits per heavy atom. The van der Waals surface area contributed by atoms with Gasteiger partial charge in [0.2, 0.25) is 17.7 Å². The van der Waals surface area contributed by atoms with Gasteiger partial charge in [0.25, 0.3) is 0 Å². The Bertz CT molecular complexity index is 750. The van der Waals surface area contributed by atoms with E-state index in [0.717, 1.165) is 0 Å². The summed E-state index contributed by atoms with van der Waals surface area (Å²) in [5.41, 5.74) is -1.38. The van der Waals surface area contributed by atoms with Crippen molar-refractivity contribution in [2.24, 2.45) is 10.8 Å². The van der Waals surface area contributed by atoms with Crippen LogP contribution in [0.25, 0.3) is 0 Å². The molecule has 0 heterocycles. The van der Waals surface area contributed by atoms with Crippen LogP contribution in [-0.4, -0.2) is 75.2 Å². The minimum Gasteiger partial charge on any atom is -0.465 e. The molecule has 0 aromatic heterocycles. The van der Waals surface area contributed by atoms with Crippen molar-refractivity contribution in [3.63, 3.8) is 0 Å². The molecule has 0 aliphatic rings. The number of hydrogen-bond donors (Lipinski definition) is 3. The third kappa shape index (κ3) is 20.6. The van der Waals surface area contributed by atoms with Crippen molar-refractivity contribution < 1.29 is 57.9 Å². The van der Waals surface area contributed by atoms with Crippen molar-refractivity contribution in [3.8, 4) is 0 Å². The highest BCUT2D eigenvalue weighted by Crippen LogP contribution is 2.25. The first-order chi connectivity index (χ1) is 19.7. The molecular formula is C27H49N3O12. The van der Waals surface area contributed by atoms with Crippen LogP contribution in [0.5, 0.6) is 0 Å². The van der Waals surface area contributed by atoms with Gasteiger partial charge in [0, 0.05) is 40.0 Å². The van der Waals surface area contributed by atoms with E-state index in [1.807, 2.05) is 13.8 Å². The molecule has 0 unspecified atom stereocenters. The summed E-state index contributed by atoms with van der Waals surface area (Å²) in [4.78, 5) is 62.4. The van der Waals surface area contributed by atoms with Gasteiger partial charge in [-0.3, -0.25) is 30.6 Å². The molecule has 42 heavy (non-hydrogen) atoms. The molecule has 0 aromatic rings. The maximum atomic E-state index is 10.8. The average molecular weight is 608 g/mol. The van der Waals surface area contributed by atoms with Gasteiger partial charge in [0.15, 0.2) is 0 Å². The fraction of sp³-hybridized carbons (Fsp3) is 0.778. The van der Waals surface area contributed by atoms with Crippen LogP contribution < -0.4 is 0 Å². The zero-order valence-electron chi connectivity index (χ0n) is 26.2. The Kier molecular flexibility index (Phi) is 22.6. The van der Waals surface area contributed by atoms with Gasteiger partial charge >= 0.3 is 17.9 Å². The normalized spacial score (nSPS) is 12.0. The Balaban J connectivity index is 0. The van der Waals surface area contributed by atoms with Gasteiger partial charge in [-0.15, -0.1) is 0 Å². The Labute approximate surface area is 248 Å². The Hall–Kier alpha value is -3.30. The zero-order valence-corrected chi connectivity index (χ0v) is 26.2. The molecule has 15 nitrogen and oxygen atoms in total. The predicted molar refractivity (Wildman–Crippen MR) is 151 cm³/mol. The van der Waals surface area contributed by atoms with Crippen molar-refractivity contribution >= 4 is 35.6 Å². The Morgan fingerprint density at radius 1 is 0.476 bits per heavy atom. The van der Waals surface area contributed by atoms with Gasteiger partial charge < -0.3 is 28.9 Å². The molecule has 15 heteroatoms. The van der Waals surface area contributed by atoms with Crippen LogP contribution in [0, 0.1) is 27.1 Å². The highest BCUT2D eigenvalue weighted by atomic mass is 17.2. The summed E-state index contributed by atoms with van der Waals surface area (Å²) >= 11 is 0. The highest BCUT2D eigenvalue weighted by molar-refractivity contribution is 5.72. The SMILES string of the molecule is CCC(=N)OOCC(CC)(COOC(=N)CC)COOC(=N)CC.CCC(COC(C)=O)(COC(C)=O)COC(C)=O. The summed E-state index contributed by atoms with van der Waals surface area (Å²) in [5.74, 6) is -1.27. The minimum atomic E-state index is -0.691. The van der Waals surface area contributed by atoms with E-state index in [1.54, 1.807) is 20.8 Å².